The average molecular weight is 434 g/mol. The Hall–Kier alpha value is -2.73. The highest BCUT2D eigenvalue weighted by molar-refractivity contribution is 5.96. The van der Waals surface area contributed by atoms with Crippen molar-refractivity contribution >= 4 is 11.9 Å². The largest absolute Gasteiger partial charge is 0.451 e. The number of pyridine rings is 1. The van der Waals surface area contributed by atoms with Crippen LogP contribution in [0.15, 0.2) is 42.6 Å². The Bertz CT molecular complexity index is 993. The van der Waals surface area contributed by atoms with Gasteiger partial charge in [0.05, 0.1) is 11.3 Å². The van der Waals surface area contributed by atoms with Crippen molar-refractivity contribution in [3.63, 3.8) is 0 Å². The summed E-state index contributed by atoms with van der Waals surface area (Å²) in [5.41, 5.74) is 2.78. The quantitative estimate of drug-likeness (QED) is 0.724. The highest BCUT2D eigenvalue weighted by Gasteiger charge is 2.48. The van der Waals surface area contributed by atoms with Gasteiger partial charge in [0, 0.05) is 42.9 Å². The van der Waals surface area contributed by atoms with Crippen LogP contribution in [-0.2, 0) is 15.1 Å². The van der Waals surface area contributed by atoms with Gasteiger partial charge in [0.15, 0.2) is 0 Å². The number of benzene rings is 1. The molecule has 5 rings (SSSR count). The Balaban J connectivity index is 1.25. The minimum Gasteiger partial charge on any atom is -0.451 e. The van der Waals surface area contributed by atoms with Crippen LogP contribution < -0.4 is 5.32 Å². The molecule has 1 spiro atoms. The number of nitrogens with zero attached hydrogens (tertiary/aromatic N) is 2. The number of nitrogens with one attached hydrogen (secondary N) is 1. The molecule has 1 saturated heterocycles. The van der Waals surface area contributed by atoms with E-state index in [4.69, 9.17) is 4.74 Å². The fourth-order valence-electron chi connectivity index (χ4n) is 5.57. The van der Waals surface area contributed by atoms with E-state index in [1.807, 2.05) is 48.3 Å². The summed E-state index contributed by atoms with van der Waals surface area (Å²) in [7, 11) is 1.92. The average Bonchev–Trinajstić information content (AvgIpc) is 3.45. The molecule has 1 aromatic heterocycles. The van der Waals surface area contributed by atoms with E-state index in [2.05, 4.69) is 10.3 Å². The first-order valence-electron chi connectivity index (χ1n) is 11.8. The van der Waals surface area contributed by atoms with Crippen molar-refractivity contribution in [2.24, 2.45) is 5.92 Å². The van der Waals surface area contributed by atoms with Crippen LogP contribution in [0.2, 0.25) is 0 Å². The lowest BCUT2D eigenvalue weighted by Gasteiger charge is -2.37. The van der Waals surface area contributed by atoms with Gasteiger partial charge in [0.25, 0.3) is 0 Å². The van der Waals surface area contributed by atoms with Gasteiger partial charge >= 0.3 is 5.97 Å². The molecule has 0 radical (unpaired) electrons. The van der Waals surface area contributed by atoms with Gasteiger partial charge in [-0.25, -0.2) is 4.79 Å². The van der Waals surface area contributed by atoms with Crippen LogP contribution in [-0.4, -0.2) is 47.9 Å². The molecule has 1 unspecified atom stereocenters. The Kier molecular flexibility index (Phi) is 5.72. The minimum atomic E-state index is -0.585. The van der Waals surface area contributed by atoms with Crippen LogP contribution in [0.1, 0.15) is 60.9 Å². The van der Waals surface area contributed by atoms with Crippen molar-refractivity contribution in [1.82, 2.24) is 15.2 Å². The lowest BCUT2D eigenvalue weighted by atomic mass is 9.74. The zero-order valence-corrected chi connectivity index (χ0v) is 18.7. The van der Waals surface area contributed by atoms with Gasteiger partial charge in [-0.05, 0) is 69.7 Å². The molecule has 0 bridgehead atoms. The van der Waals surface area contributed by atoms with E-state index in [0.717, 1.165) is 49.2 Å². The number of carbonyl (C=O) groups is 2. The molecule has 6 nitrogen and oxygen atoms in total. The predicted octanol–water partition coefficient (Wildman–Crippen LogP) is 3.91. The molecular formula is C26H31N3O3. The number of ether oxygens (including phenoxy) is 1. The first-order valence-corrected chi connectivity index (χ1v) is 11.8. The molecule has 1 aromatic carbocycles. The topological polar surface area (TPSA) is 71.5 Å². The summed E-state index contributed by atoms with van der Waals surface area (Å²) >= 11 is 0. The van der Waals surface area contributed by atoms with Gasteiger partial charge < -0.3 is 15.0 Å². The number of hydrogen-bond acceptors (Lipinski definition) is 5. The summed E-state index contributed by atoms with van der Waals surface area (Å²) in [6.45, 7) is 1.89. The number of esters is 1. The van der Waals surface area contributed by atoms with Gasteiger partial charge in [0.1, 0.15) is 5.60 Å². The van der Waals surface area contributed by atoms with Gasteiger partial charge in [-0.1, -0.05) is 18.2 Å². The third-order valence-corrected chi connectivity index (χ3v) is 7.47. The summed E-state index contributed by atoms with van der Waals surface area (Å²) < 4.78 is 5.96. The molecule has 3 aliphatic rings. The summed E-state index contributed by atoms with van der Waals surface area (Å²) in [4.78, 5) is 32.0. The Morgan fingerprint density at radius 2 is 2.06 bits per heavy atom. The molecule has 1 amide bonds. The number of aromatic nitrogens is 1. The maximum absolute atomic E-state index is 13.0. The second kappa shape index (κ2) is 8.66. The molecule has 2 aromatic rings. The second-order valence-electron chi connectivity index (χ2n) is 9.48. The summed E-state index contributed by atoms with van der Waals surface area (Å²) in [5.74, 6) is -0.0191. The molecular weight excluding hydrogens is 402 g/mol. The van der Waals surface area contributed by atoms with Gasteiger partial charge in [-0.15, -0.1) is 0 Å². The highest BCUT2D eigenvalue weighted by Crippen LogP contribution is 2.49. The predicted molar refractivity (Wildman–Crippen MR) is 122 cm³/mol. The lowest BCUT2D eigenvalue weighted by Crippen LogP contribution is -2.40. The number of fused-ring (bicyclic) bond motifs is 2. The van der Waals surface area contributed by atoms with Crippen LogP contribution in [0.5, 0.6) is 0 Å². The van der Waals surface area contributed by atoms with Crippen LogP contribution in [0.3, 0.4) is 0 Å². The monoisotopic (exact) mass is 433 g/mol. The van der Waals surface area contributed by atoms with Crippen molar-refractivity contribution in [3.05, 3.63) is 53.7 Å². The maximum Gasteiger partial charge on any atom is 0.339 e. The lowest BCUT2D eigenvalue weighted by molar-refractivity contribution is -0.137. The van der Waals surface area contributed by atoms with Crippen LogP contribution in [0.4, 0.5) is 0 Å². The normalized spacial score (nSPS) is 26.7. The van der Waals surface area contributed by atoms with Crippen molar-refractivity contribution in [2.75, 3.05) is 20.1 Å². The smallest absolute Gasteiger partial charge is 0.339 e. The molecule has 2 fully saturated rings. The number of rotatable bonds is 5. The van der Waals surface area contributed by atoms with Crippen LogP contribution >= 0.6 is 0 Å². The first-order chi connectivity index (χ1) is 15.6. The first kappa shape index (κ1) is 21.1. The zero-order chi connectivity index (χ0) is 22.1. The number of carbonyl (C=O) groups excluding carboxylic acids is 2. The Morgan fingerprint density at radius 3 is 2.78 bits per heavy atom. The minimum absolute atomic E-state index is 0.0118. The van der Waals surface area contributed by atoms with E-state index in [1.165, 1.54) is 12.8 Å². The standard InChI is InChI=1S/C26H31N3O3/c1-29(16-11-20-5-4-15-27-20)24(30)18-9-12-26(13-10-18)22-8-7-19(17-21(22)25(31)32-26)23-6-2-3-14-28-23/h2-3,6-8,14,17-18,20,27H,4-5,9-13,15-16H2,1H3. The maximum atomic E-state index is 13.0. The number of amides is 1. The fourth-order valence-corrected chi connectivity index (χ4v) is 5.57. The fraction of sp³-hybridized carbons (Fsp3) is 0.500. The summed E-state index contributed by atoms with van der Waals surface area (Å²) in [6.07, 6.45) is 8.10. The van der Waals surface area contributed by atoms with E-state index < -0.39 is 5.60 Å². The molecule has 32 heavy (non-hydrogen) atoms. The summed E-state index contributed by atoms with van der Waals surface area (Å²) in [5, 5.41) is 3.50. The Labute approximate surface area is 189 Å². The SMILES string of the molecule is CN(CCC1CCCN1)C(=O)C1CCC2(CC1)OC(=O)c1cc(-c3ccccn3)ccc12. The molecule has 2 aliphatic heterocycles. The highest BCUT2D eigenvalue weighted by atomic mass is 16.6. The second-order valence-corrected chi connectivity index (χ2v) is 9.48. The zero-order valence-electron chi connectivity index (χ0n) is 18.7. The molecule has 1 atom stereocenters. The van der Waals surface area contributed by atoms with Crippen molar-refractivity contribution < 1.29 is 14.3 Å². The Morgan fingerprint density at radius 1 is 1.22 bits per heavy atom. The van der Waals surface area contributed by atoms with Crippen LogP contribution in [0, 0.1) is 5.92 Å². The van der Waals surface area contributed by atoms with E-state index >= 15 is 0 Å². The molecule has 6 heteroatoms. The summed E-state index contributed by atoms with van der Waals surface area (Å²) in [6, 6.07) is 12.2. The van der Waals surface area contributed by atoms with Crippen molar-refractivity contribution in [2.45, 2.75) is 56.6 Å². The van der Waals surface area contributed by atoms with E-state index in [1.54, 1.807) is 6.20 Å². The van der Waals surface area contributed by atoms with Crippen molar-refractivity contribution in [3.8, 4) is 11.3 Å². The van der Waals surface area contributed by atoms with Crippen molar-refractivity contribution in [1.29, 1.82) is 0 Å². The molecule has 168 valence electrons. The molecule has 1 aliphatic carbocycles. The van der Waals surface area contributed by atoms with Gasteiger partial charge in [0.2, 0.25) is 5.91 Å². The third-order valence-electron chi connectivity index (χ3n) is 7.47. The van der Waals surface area contributed by atoms with Crippen LogP contribution in [0.25, 0.3) is 11.3 Å². The molecule has 3 heterocycles. The molecule has 1 N–H and O–H groups in total. The van der Waals surface area contributed by atoms with E-state index in [9.17, 15) is 9.59 Å². The van der Waals surface area contributed by atoms with E-state index in [0.29, 0.717) is 24.4 Å². The van der Waals surface area contributed by atoms with Gasteiger partial charge in [-0.3, -0.25) is 9.78 Å². The van der Waals surface area contributed by atoms with E-state index in [-0.39, 0.29) is 17.8 Å². The molecule has 1 saturated carbocycles. The number of hydrogen-bond donors (Lipinski definition) is 1. The van der Waals surface area contributed by atoms with Gasteiger partial charge in [-0.2, -0.15) is 0 Å². The third kappa shape index (κ3) is 3.92.